The first kappa shape index (κ1) is 23.9. The van der Waals surface area contributed by atoms with Crippen LogP contribution in [0.1, 0.15) is 38.3 Å². The molecule has 0 bridgehead atoms. The summed E-state index contributed by atoms with van der Waals surface area (Å²) in [5.41, 5.74) is 1.75. The highest BCUT2D eigenvalue weighted by Gasteiger charge is 2.16. The van der Waals surface area contributed by atoms with Gasteiger partial charge in [-0.25, -0.2) is 9.18 Å². The average molecular weight is 429 g/mol. The second kappa shape index (κ2) is 11.1. The predicted molar refractivity (Wildman–Crippen MR) is 116 cm³/mol. The average Bonchev–Trinajstić information content (AvgIpc) is 2.70. The minimum absolute atomic E-state index is 0.140. The van der Waals surface area contributed by atoms with Crippen molar-refractivity contribution in [3.05, 3.63) is 65.5 Å². The number of hydrogen-bond acceptors (Lipinski definition) is 4. The SMILES string of the molecule is CC(C)(C)OC(=O)NCC(=O)NCc1ccc(NC(=O)CCc2ccc(F)cc2)cc1. The lowest BCUT2D eigenvalue weighted by Gasteiger charge is -2.19. The van der Waals surface area contributed by atoms with Gasteiger partial charge in [0.1, 0.15) is 18.0 Å². The Morgan fingerprint density at radius 3 is 2.10 bits per heavy atom. The van der Waals surface area contributed by atoms with Crippen LogP contribution >= 0.6 is 0 Å². The smallest absolute Gasteiger partial charge is 0.408 e. The van der Waals surface area contributed by atoms with E-state index in [1.807, 2.05) is 0 Å². The van der Waals surface area contributed by atoms with E-state index >= 15 is 0 Å². The summed E-state index contributed by atoms with van der Waals surface area (Å²) >= 11 is 0. The minimum atomic E-state index is -0.651. The molecule has 0 unspecified atom stereocenters. The van der Waals surface area contributed by atoms with Crippen molar-refractivity contribution >= 4 is 23.6 Å². The Morgan fingerprint density at radius 2 is 1.48 bits per heavy atom. The van der Waals surface area contributed by atoms with Gasteiger partial charge in [0.05, 0.1) is 0 Å². The summed E-state index contributed by atoms with van der Waals surface area (Å²) in [6.45, 7) is 5.32. The molecule has 166 valence electrons. The minimum Gasteiger partial charge on any atom is -0.444 e. The number of ether oxygens (including phenoxy) is 1. The lowest BCUT2D eigenvalue weighted by Crippen LogP contribution is -2.39. The Labute approximate surface area is 181 Å². The van der Waals surface area contributed by atoms with Crippen LogP contribution in [-0.2, 0) is 27.3 Å². The zero-order valence-corrected chi connectivity index (χ0v) is 18.0. The predicted octanol–water partition coefficient (Wildman–Crippen LogP) is 3.54. The van der Waals surface area contributed by atoms with Gasteiger partial charge in [0, 0.05) is 18.7 Å². The second-order valence-electron chi connectivity index (χ2n) is 8.00. The highest BCUT2D eigenvalue weighted by molar-refractivity contribution is 5.90. The van der Waals surface area contributed by atoms with Gasteiger partial charge in [0.15, 0.2) is 0 Å². The topological polar surface area (TPSA) is 96.5 Å². The van der Waals surface area contributed by atoms with Crippen LogP contribution in [0.3, 0.4) is 0 Å². The molecule has 0 saturated carbocycles. The number of nitrogens with one attached hydrogen (secondary N) is 3. The summed E-state index contributed by atoms with van der Waals surface area (Å²) in [4.78, 5) is 35.5. The zero-order chi connectivity index (χ0) is 22.9. The molecule has 0 aromatic heterocycles. The van der Waals surface area contributed by atoms with Crippen molar-refractivity contribution in [2.45, 2.75) is 45.8 Å². The Morgan fingerprint density at radius 1 is 0.871 bits per heavy atom. The summed E-state index contributed by atoms with van der Waals surface area (Å²) in [6, 6.07) is 13.1. The lowest BCUT2D eigenvalue weighted by molar-refractivity contribution is -0.120. The number of anilines is 1. The van der Waals surface area contributed by atoms with Gasteiger partial charge < -0.3 is 20.7 Å². The van der Waals surface area contributed by atoms with Crippen LogP contribution in [0, 0.1) is 5.82 Å². The Hall–Kier alpha value is -3.42. The molecule has 0 spiro atoms. The summed E-state index contributed by atoms with van der Waals surface area (Å²) in [6.07, 6.45) is 0.156. The highest BCUT2D eigenvalue weighted by atomic mass is 19.1. The van der Waals surface area contributed by atoms with E-state index in [2.05, 4.69) is 16.0 Å². The summed E-state index contributed by atoms with van der Waals surface area (Å²) in [5.74, 6) is -0.786. The van der Waals surface area contributed by atoms with Crippen LogP contribution in [0.2, 0.25) is 0 Å². The summed E-state index contributed by atoms with van der Waals surface area (Å²) < 4.78 is 18.0. The van der Waals surface area contributed by atoms with Gasteiger partial charge in [0.25, 0.3) is 0 Å². The molecule has 2 aromatic rings. The molecule has 3 N–H and O–H groups in total. The number of carbonyl (C=O) groups excluding carboxylic acids is 3. The maximum absolute atomic E-state index is 12.9. The first-order chi connectivity index (χ1) is 14.6. The van der Waals surface area contributed by atoms with Gasteiger partial charge >= 0.3 is 6.09 Å². The van der Waals surface area contributed by atoms with Crippen LogP contribution < -0.4 is 16.0 Å². The van der Waals surface area contributed by atoms with E-state index in [4.69, 9.17) is 4.74 Å². The van der Waals surface area contributed by atoms with Gasteiger partial charge in [-0.2, -0.15) is 0 Å². The molecule has 0 aliphatic heterocycles. The molecule has 3 amide bonds. The largest absolute Gasteiger partial charge is 0.444 e. The first-order valence-corrected chi connectivity index (χ1v) is 9.97. The molecule has 0 saturated heterocycles. The molecule has 2 rings (SSSR count). The number of rotatable bonds is 8. The molecule has 31 heavy (non-hydrogen) atoms. The quantitative estimate of drug-likeness (QED) is 0.598. The van der Waals surface area contributed by atoms with E-state index in [0.717, 1.165) is 11.1 Å². The molecular formula is C23H28FN3O4. The molecule has 0 atom stereocenters. The first-order valence-electron chi connectivity index (χ1n) is 9.97. The fourth-order valence-electron chi connectivity index (χ4n) is 2.57. The number of hydrogen-bond donors (Lipinski definition) is 3. The molecule has 0 aliphatic carbocycles. The molecule has 0 radical (unpaired) electrons. The lowest BCUT2D eigenvalue weighted by atomic mass is 10.1. The third kappa shape index (κ3) is 9.75. The van der Waals surface area contributed by atoms with Gasteiger partial charge in [-0.15, -0.1) is 0 Å². The Kier molecular flexibility index (Phi) is 8.54. The van der Waals surface area contributed by atoms with Crippen molar-refractivity contribution in [1.29, 1.82) is 0 Å². The molecule has 0 aliphatic rings. The van der Waals surface area contributed by atoms with E-state index in [0.29, 0.717) is 12.1 Å². The van der Waals surface area contributed by atoms with Gasteiger partial charge in [-0.05, 0) is 62.6 Å². The van der Waals surface area contributed by atoms with E-state index < -0.39 is 11.7 Å². The van der Waals surface area contributed by atoms with E-state index in [-0.39, 0.29) is 37.1 Å². The van der Waals surface area contributed by atoms with Crippen LogP contribution in [0.4, 0.5) is 14.9 Å². The van der Waals surface area contributed by atoms with Crippen LogP contribution in [-0.4, -0.2) is 30.1 Å². The fourth-order valence-corrected chi connectivity index (χ4v) is 2.57. The number of amides is 3. The molecule has 2 aromatic carbocycles. The normalized spacial score (nSPS) is 10.8. The van der Waals surface area contributed by atoms with Crippen molar-refractivity contribution in [2.75, 3.05) is 11.9 Å². The molecule has 0 fully saturated rings. The van der Waals surface area contributed by atoms with Gasteiger partial charge in [-0.3, -0.25) is 9.59 Å². The van der Waals surface area contributed by atoms with Crippen molar-refractivity contribution < 1.29 is 23.5 Å². The van der Waals surface area contributed by atoms with Crippen molar-refractivity contribution in [2.24, 2.45) is 0 Å². The third-order valence-corrected chi connectivity index (χ3v) is 4.07. The zero-order valence-electron chi connectivity index (χ0n) is 18.0. The number of aryl methyl sites for hydroxylation is 1. The van der Waals surface area contributed by atoms with Crippen LogP contribution in [0.5, 0.6) is 0 Å². The number of alkyl carbamates (subject to hydrolysis) is 1. The number of halogens is 1. The number of carbonyl (C=O) groups is 3. The maximum atomic E-state index is 12.9. The Bertz CT molecular complexity index is 891. The third-order valence-electron chi connectivity index (χ3n) is 4.07. The second-order valence-corrected chi connectivity index (χ2v) is 8.00. The maximum Gasteiger partial charge on any atom is 0.408 e. The van der Waals surface area contributed by atoms with E-state index in [1.54, 1.807) is 57.2 Å². The van der Waals surface area contributed by atoms with E-state index in [9.17, 15) is 18.8 Å². The fraction of sp³-hybridized carbons (Fsp3) is 0.348. The van der Waals surface area contributed by atoms with Crippen molar-refractivity contribution in [3.63, 3.8) is 0 Å². The monoisotopic (exact) mass is 429 g/mol. The molecular weight excluding hydrogens is 401 g/mol. The summed E-state index contributed by atoms with van der Waals surface area (Å²) in [7, 11) is 0. The Balaban J connectivity index is 1.70. The van der Waals surface area contributed by atoms with Gasteiger partial charge in [-0.1, -0.05) is 24.3 Å². The standard InChI is InChI=1S/C23H28FN3O4/c1-23(2,3)31-22(30)26-15-21(29)25-14-17-6-11-19(12-7-17)27-20(28)13-8-16-4-9-18(24)10-5-16/h4-7,9-12H,8,13-15H2,1-3H3,(H,25,29)(H,26,30)(H,27,28). The highest BCUT2D eigenvalue weighted by Crippen LogP contribution is 2.11. The number of benzene rings is 2. The molecule has 8 heteroatoms. The van der Waals surface area contributed by atoms with Crippen molar-refractivity contribution in [1.82, 2.24) is 10.6 Å². The van der Waals surface area contributed by atoms with Crippen LogP contribution in [0.25, 0.3) is 0 Å². The van der Waals surface area contributed by atoms with Crippen LogP contribution in [0.15, 0.2) is 48.5 Å². The molecule has 7 nitrogen and oxygen atoms in total. The summed E-state index contributed by atoms with van der Waals surface area (Å²) in [5, 5.41) is 7.89. The van der Waals surface area contributed by atoms with Crippen molar-refractivity contribution in [3.8, 4) is 0 Å². The van der Waals surface area contributed by atoms with E-state index in [1.165, 1.54) is 12.1 Å². The van der Waals surface area contributed by atoms with Gasteiger partial charge in [0.2, 0.25) is 11.8 Å². The molecule has 0 heterocycles.